The van der Waals surface area contributed by atoms with Crippen molar-refractivity contribution in [1.82, 2.24) is 15.5 Å². The minimum absolute atomic E-state index is 0.0900. The largest absolute Gasteiger partial charge is 0.403 e. The molecule has 0 unspecified atom stereocenters. The molecule has 0 atom stereocenters. The number of carbonyl (C=O) groups is 1. The van der Waals surface area contributed by atoms with Gasteiger partial charge in [-0.2, -0.15) is 11.3 Å². The Morgan fingerprint density at radius 2 is 2.44 bits per heavy atom. The summed E-state index contributed by atoms with van der Waals surface area (Å²) in [5, 5.41) is 16.3. The number of thiophene rings is 1. The molecule has 0 aliphatic heterocycles. The van der Waals surface area contributed by atoms with Gasteiger partial charge in [-0.3, -0.25) is 5.32 Å². The number of urea groups is 1. The Bertz CT molecular complexity index is 466. The number of aromatic nitrogens is 2. The number of nitrogens with zero attached hydrogens (tertiary/aromatic N) is 2. The molecule has 6 nitrogen and oxygen atoms in total. The molecule has 2 aromatic heterocycles. The van der Waals surface area contributed by atoms with E-state index < -0.39 is 0 Å². The third kappa shape index (κ3) is 2.37. The maximum Gasteiger partial charge on any atom is 0.324 e. The molecule has 0 spiro atoms. The number of amides is 2. The van der Waals surface area contributed by atoms with Gasteiger partial charge in [0, 0.05) is 17.5 Å². The monoisotopic (exact) mass is 238 g/mol. The van der Waals surface area contributed by atoms with Crippen molar-refractivity contribution in [2.75, 3.05) is 11.9 Å². The van der Waals surface area contributed by atoms with E-state index in [-0.39, 0.29) is 12.0 Å². The standard InChI is InChI=1S/C9H10N4O2S/c1-2-10-8(14)11-9-13-12-7(15-9)6-3-4-16-5-6/h3-5H,2H2,1H3,(H2,10,11,13,14). The van der Waals surface area contributed by atoms with Gasteiger partial charge in [-0.05, 0) is 18.4 Å². The normalized spacial score (nSPS) is 10.1. The van der Waals surface area contributed by atoms with Gasteiger partial charge >= 0.3 is 12.0 Å². The second kappa shape index (κ2) is 4.75. The van der Waals surface area contributed by atoms with Crippen molar-refractivity contribution < 1.29 is 9.21 Å². The van der Waals surface area contributed by atoms with Gasteiger partial charge in [-0.15, -0.1) is 5.10 Å². The lowest BCUT2D eigenvalue weighted by Gasteiger charge is -1.99. The molecule has 0 saturated carbocycles. The predicted octanol–water partition coefficient (Wildman–Crippen LogP) is 1.94. The molecule has 84 valence electrons. The Labute approximate surface area is 95.7 Å². The fourth-order valence-electron chi connectivity index (χ4n) is 1.08. The number of nitrogens with one attached hydrogen (secondary N) is 2. The lowest BCUT2D eigenvalue weighted by atomic mass is 10.3. The molecule has 2 aromatic rings. The maximum absolute atomic E-state index is 11.2. The fraction of sp³-hybridized carbons (Fsp3) is 0.222. The van der Waals surface area contributed by atoms with E-state index in [2.05, 4.69) is 20.8 Å². The van der Waals surface area contributed by atoms with Crippen LogP contribution in [0.4, 0.5) is 10.8 Å². The smallest absolute Gasteiger partial charge is 0.324 e. The molecule has 0 saturated heterocycles. The number of carbonyl (C=O) groups excluding carboxylic acids is 1. The zero-order valence-corrected chi connectivity index (χ0v) is 9.37. The molecular weight excluding hydrogens is 228 g/mol. The molecule has 0 bridgehead atoms. The second-order valence-corrected chi connectivity index (χ2v) is 3.69. The zero-order chi connectivity index (χ0) is 11.4. The highest BCUT2D eigenvalue weighted by molar-refractivity contribution is 7.08. The molecule has 2 amide bonds. The van der Waals surface area contributed by atoms with Crippen LogP contribution in [0.5, 0.6) is 0 Å². The SMILES string of the molecule is CCNC(=O)Nc1nnc(-c2ccsc2)o1. The third-order valence-electron chi connectivity index (χ3n) is 1.75. The lowest BCUT2D eigenvalue weighted by Crippen LogP contribution is -2.28. The van der Waals surface area contributed by atoms with Gasteiger partial charge in [-0.1, -0.05) is 5.10 Å². The molecule has 0 fully saturated rings. The van der Waals surface area contributed by atoms with Crippen LogP contribution in [0.1, 0.15) is 6.92 Å². The quantitative estimate of drug-likeness (QED) is 0.856. The van der Waals surface area contributed by atoms with Crippen molar-refractivity contribution in [2.45, 2.75) is 6.92 Å². The van der Waals surface area contributed by atoms with Crippen molar-refractivity contribution in [3.05, 3.63) is 16.8 Å². The van der Waals surface area contributed by atoms with Crippen molar-refractivity contribution in [3.63, 3.8) is 0 Å². The summed E-state index contributed by atoms with van der Waals surface area (Å²) in [5.74, 6) is 0.396. The first-order valence-corrected chi connectivity index (χ1v) is 5.65. The minimum Gasteiger partial charge on any atom is -0.403 e. The summed E-state index contributed by atoms with van der Waals surface area (Å²) in [6.07, 6.45) is 0. The average molecular weight is 238 g/mol. The predicted molar refractivity (Wildman–Crippen MR) is 60.3 cm³/mol. The molecule has 0 aliphatic rings. The van der Waals surface area contributed by atoms with Gasteiger partial charge in [0.15, 0.2) is 0 Å². The summed E-state index contributed by atoms with van der Waals surface area (Å²) in [6, 6.07) is 1.60. The van der Waals surface area contributed by atoms with Crippen LogP contribution in [0.25, 0.3) is 11.5 Å². The number of rotatable bonds is 3. The summed E-state index contributed by atoms with van der Waals surface area (Å²) < 4.78 is 5.26. The van der Waals surface area contributed by atoms with E-state index >= 15 is 0 Å². The van der Waals surface area contributed by atoms with Crippen LogP contribution in [0.2, 0.25) is 0 Å². The Kier molecular flexibility index (Phi) is 3.16. The molecule has 2 rings (SSSR count). The summed E-state index contributed by atoms with van der Waals surface area (Å²) in [6.45, 7) is 2.36. The minimum atomic E-state index is -0.358. The number of hydrogen-bond donors (Lipinski definition) is 2. The van der Waals surface area contributed by atoms with Gasteiger partial charge < -0.3 is 9.73 Å². The molecule has 0 aliphatic carbocycles. The van der Waals surface area contributed by atoms with Gasteiger partial charge in [0.1, 0.15) is 0 Å². The number of hydrogen-bond acceptors (Lipinski definition) is 5. The van der Waals surface area contributed by atoms with Crippen LogP contribution in [0.15, 0.2) is 21.2 Å². The first-order valence-electron chi connectivity index (χ1n) is 4.70. The molecule has 0 aromatic carbocycles. The van der Waals surface area contributed by atoms with Crippen LogP contribution < -0.4 is 10.6 Å². The van der Waals surface area contributed by atoms with Crippen molar-refractivity contribution in [1.29, 1.82) is 0 Å². The van der Waals surface area contributed by atoms with Crippen molar-refractivity contribution >= 4 is 23.4 Å². The van der Waals surface area contributed by atoms with Gasteiger partial charge in [0.2, 0.25) is 0 Å². The fourth-order valence-corrected chi connectivity index (χ4v) is 1.71. The Morgan fingerprint density at radius 3 is 3.12 bits per heavy atom. The van der Waals surface area contributed by atoms with E-state index in [4.69, 9.17) is 4.42 Å². The summed E-state index contributed by atoms with van der Waals surface area (Å²) >= 11 is 1.54. The van der Waals surface area contributed by atoms with Gasteiger partial charge in [0.25, 0.3) is 5.89 Å². The van der Waals surface area contributed by atoms with E-state index in [0.717, 1.165) is 5.56 Å². The average Bonchev–Trinajstić information content (AvgIpc) is 2.86. The Hall–Kier alpha value is -1.89. The summed E-state index contributed by atoms with van der Waals surface area (Å²) in [5.41, 5.74) is 0.849. The van der Waals surface area contributed by atoms with Crippen LogP contribution in [0, 0.1) is 0 Å². The first kappa shape index (κ1) is 10.6. The molecule has 2 heterocycles. The van der Waals surface area contributed by atoms with E-state index in [1.165, 1.54) is 11.3 Å². The molecular formula is C9H10N4O2S. The van der Waals surface area contributed by atoms with Crippen molar-refractivity contribution in [2.24, 2.45) is 0 Å². The van der Waals surface area contributed by atoms with Gasteiger partial charge in [0.05, 0.1) is 0 Å². The first-order chi connectivity index (χ1) is 7.79. The zero-order valence-electron chi connectivity index (χ0n) is 8.56. The van der Waals surface area contributed by atoms with E-state index in [1.807, 2.05) is 23.8 Å². The van der Waals surface area contributed by atoms with Gasteiger partial charge in [-0.25, -0.2) is 4.79 Å². The second-order valence-electron chi connectivity index (χ2n) is 2.91. The highest BCUT2D eigenvalue weighted by atomic mass is 32.1. The summed E-state index contributed by atoms with van der Waals surface area (Å²) in [4.78, 5) is 11.2. The van der Waals surface area contributed by atoms with Crippen LogP contribution in [-0.4, -0.2) is 22.8 Å². The van der Waals surface area contributed by atoms with E-state index in [1.54, 1.807) is 0 Å². The third-order valence-corrected chi connectivity index (χ3v) is 2.43. The van der Waals surface area contributed by atoms with E-state index in [9.17, 15) is 4.79 Å². The van der Waals surface area contributed by atoms with E-state index in [0.29, 0.717) is 12.4 Å². The van der Waals surface area contributed by atoms with Crippen molar-refractivity contribution in [3.8, 4) is 11.5 Å². The number of anilines is 1. The maximum atomic E-state index is 11.2. The molecule has 7 heteroatoms. The molecule has 2 N–H and O–H groups in total. The Morgan fingerprint density at radius 1 is 1.56 bits per heavy atom. The topological polar surface area (TPSA) is 80.0 Å². The van der Waals surface area contributed by atoms with Crippen LogP contribution in [-0.2, 0) is 0 Å². The summed E-state index contributed by atoms with van der Waals surface area (Å²) in [7, 11) is 0. The molecule has 16 heavy (non-hydrogen) atoms. The Balaban J connectivity index is 2.06. The highest BCUT2D eigenvalue weighted by Crippen LogP contribution is 2.21. The lowest BCUT2D eigenvalue weighted by molar-refractivity contribution is 0.252. The van der Waals surface area contributed by atoms with Crippen LogP contribution >= 0.6 is 11.3 Å². The molecule has 0 radical (unpaired) electrons. The van der Waals surface area contributed by atoms with Crippen LogP contribution in [0.3, 0.4) is 0 Å². The highest BCUT2D eigenvalue weighted by Gasteiger charge is 2.10.